The van der Waals surface area contributed by atoms with Gasteiger partial charge in [-0.15, -0.1) is 0 Å². The van der Waals surface area contributed by atoms with E-state index < -0.39 is 0 Å². The third kappa shape index (κ3) is 6.37. The Balaban J connectivity index is 0.911. The molecule has 0 amide bonds. The largest absolute Gasteiger partial charge is 0.456 e. The van der Waals surface area contributed by atoms with Crippen LogP contribution in [0.25, 0.3) is 88.7 Å². The Morgan fingerprint density at radius 2 is 0.662 bits per heavy atom. The Morgan fingerprint density at radius 3 is 1.22 bits per heavy atom. The summed E-state index contributed by atoms with van der Waals surface area (Å²) in [4.78, 5) is 0. The number of benzene rings is 10. The standard InChI is InChI=1S/C67H50O/c1-66(2)59-38-48(42-14-7-5-8-15-42)26-31-53(59)55-33-28-51(40-61(55)66)65(52-29-34-56-54-32-27-49(43-16-9-6-10-17-43)39-60(54)67(3,4)62(56)41-52)50-19-13-18-46(36-50)44-22-24-45(25-23-44)47-30-35-64-58(37-47)57-20-11-12-21-63(57)68-64/h5-41,65H,1-4H3. The Labute approximate surface area is 399 Å². The molecule has 68 heavy (non-hydrogen) atoms. The van der Waals surface area contributed by atoms with Gasteiger partial charge in [-0.3, -0.25) is 0 Å². The van der Waals surface area contributed by atoms with Gasteiger partial charge in [0.05, 0.1) is 0 Å². The van der Waals surface area contributed by atoms with Gasteiger partial charge < -0.3 is 4.42 Å². The van der Waals surface area contributed by atoms with Gasteiger partial charge in [0.2, 0.25) is 0 Å². The van der Waals surface area contributed by atoms with Crippen LogP contribution in [0.2, 0.25) is 0 Å². The zero-order valence-electron chi connectivity index (χ0n) is 38.8. The second-order valence-electron chi connectivity index (χ2n) is 20.1. The minimum atomic E-state index is -0.174. The molecule has 0 fully saturated rings. The second-order valence-corrected chi connectivity index (χ2v) is 20.1. The van der Waals surface area contributed by atoms with Gasteiger partial charge in [-0.25, -0.2) is 0 Å². The number of hydrogen-bond acceptors (Lipinski definition) is 1. The molecule has 1 heterocycles. The molecule has 0 aliphatic heterocycles. The van der Waals surface area contributed by atoms with Crippen LogP contribution in [-0.2, 0) is 10.8 Å². The lowest BCUT2D eigenvalue weighted by molar-refractivity contribution is 0.657. The maximum Gasteiger partial charge on any atom is 0.135 e. The summed E-state index contributed by atoms with van der Waals surface area (Å²) in [6.07, 6.45) is 0. The Morgan fingerprint density at radius 1 is 0.279 bits per heavy atom. The van der Waals surface area contributed by atoms with Crippen molar-refractivity contribution in [1.29, 1.82) is 0 Å². The molecule has 1 nitrogen and oxygen atoms in total. The van der Waals surface area contributed by atoms with Crippen molar-refractivity contribution in [3.63, 3.8) is 0 Å². The highest BCUT2D eigenvalue weighted by atomic mass is 16.3. The molecule has 0 N–H and O–H groups in total. The van der Waals surface area contributed by atoms with Crippen molar-refractivity contribution in [1.82, 2.24) is 0 Å². The number of hydrogen-bond donors (Lipinski definition) is 0. The normalized spacial score (nSPS) is 14.0. The first kappa shape index (κ1) is 40.3. The van der Waals surface area contributed by atoms with Gasteiger partial charge in [0, 0.05) is 27.5 Å². The minimum Gasteiger partial charge on any atom is -0.456 e. The molecule has 1 aromatic heterocycles. The summed E-state index contributed by atoms with van der Waals surface area (Å²) >= 11 is 0. The summed E-state index contributed by atoms with van der Waals surface area (Å²) in [5, 5.41) is 2.29. The molecule has 10 aromatic carbocycles. The first-order valence-corrected chi connectivity index (χ1v) is 24.0. The third-order valence-electron chi connectivity index (χ3n) is 15.4. The molecule has 0 bridgehead atoms. The fourth-order valence-electron chi connectivity index (χ4n) is 11.7. The Kier molecular flexibility index (Phi) is 9.05. The average molecular weight is 871 g/mol. The molecule has 0 atom stereocenters. The first-order valence-electron chi connectivity index (χ1n) is 24.0. The molecule has 2 aliphatic carbocycles. The van der Waals surface area contributed by atoms with Gasteiger partial charge >= 0.3 is 0 Å². The van der Waals surface area contributed by atoms with E-state index in [2.05, 4.69) is 240 Å². The van der Waals surface area contributed by atoms with Crippen LogP contribution in [0.3, 0.4) is 0 Å². The summed E-state index contributed by atoms with van der Waals surface area (Å²) in [6, 6.07) is 83.5. The maximum absolute atomic E-state index is 6.15. The highest BCUT2D eigenvalue weighted by molar-refractivity contribution is 6.06. The average Bonchev–Trinajstić information content (AvgIpc) is 3.95. The van der Waals surface area contributed by atoms with Crippen LogP contribution in [0.5, 0.6) is 0 Å². The van der Waals surface area contributed by atoms with Crippen LogP contribution in [0, 0.1) is 0 Å². The lowest BCUT2D eigenvalue weighted by atomic mass is 9.76. The van der Waals surface area contributed by atoms with E-state index in [1.54, 1.807) is 0 Å². The van der Waals surface area contributed by atoms with E-state index in [1.165, 1.54) is 106 Å². The van der Waals surface area contributed by atoms with Gasteiger partial charge in [0.15, 0.2) is 0 Å². The molecule has 0 spiro atoms. The van der Waals surface area contributed by atoms with E-state index in [0.29, 0.717) is 0 Å². The lowest BCUT2D eigenvalue weighted by Crippen LogP contribution is -2.17. The van der Waals surface area contributed by atoms with Crippen LogP contribution in [0.4, 0.5) is 0 Å². The smallest absolute Gasteiger partial charge is 0.135 e. The minimum absolute atomic E-state index is 0.000109. The molecular formula is C67H50O. The van der Waals surface area contributed by atoms with Crippen molar-refractivity contribution in [2.24, 2.45) is 0 Å². The van der Waals surface area contributed by atoms with Crippen LogP contribution < -0.4 is 0 Å². The van der Waals surface area contributed by atoms with Crippen molar-refractivity contribution in [2.45, 2.75) is 44.4 Å². The summed E-state index contributed by atoms with van der Waals surface area (Å²) in [7, 11) is 0. The van der Waals surface area contributed by atoms with E-state index in [1.807, 2.05) is 12.1 Å². The molecular weight excluding hydrogens is 821 g/mol. The van der Waals surface area contributed by atoms with E-state index in [9.17, 15) is 0 Å². The summed E-state index contributed by atoms with van der Waals surface area (Å²) in [6.45, 7) is 9.63. The van der Waals surface area contributed by atoms with Crippen LogP contribution in [-0.4, -0.2) is 0 Å². The van der Waals surface area contributed by atoms with E-state index in [0.717, 1.165) is 21.9 Å². The van der Waals surface area contributed by atoms with Crippen LogP contribution in [0.15, 0.2) is 229 Å². The fraction of sp³-hybridized carbons (Fsp3) is 0.104. The summed E-state index contributed by atoms with van der Waals surface area (Å²) < 4.78 is 6.15. The lowest BCUT2D eigenvalue weighted by Gasteiger charge is -2.27. The number of fused-ring (bicyclic) bond motifs is 9. The second kappa shape index (κ2) is 15.3. The molecule has 1 heteroatoms. The molecule has 0 saturated carbocycles. The number of furan rings is 1. The molecule has 324 valence electrons. The van der Waals surface area contributed by atoms with Gasteiger partial charge in [0.1, 0.15) is 11.2 Å². The van der Waals surface area contributed by atoms with E-state index in [-0.39, 0.29) is 16.7 Å². The van der Waals surface area contributed by atoms with Crippen molar-refractivity contribution in [2.75, 3.05) is 0 Å². The van der Waals surface area contributed by atoms with Gasteiger partial charge in [0.25, 0.3) is 0 Å². The third-order valence-corrected chi connectivity index (χ3v) is 15.4. The Bertz CT molecular complexity index is 3620. The van der Waals surface area contributed by atoms with Crippen LogP contribution >= 0.6 is 0 Å². The molecule has 13 rings (SSSR count). The van der Waals surface area contributed by atoms with Crippen molar-refractivity contribution < 1.29 is 4.42 Å². The Hall–Kier alpha value is -8.00. The predicted octanol–water partition coefficient (Wildman–Crippen LogP) is 18.0. The summed E-state index contributed by atoms with van der Waals surface area (Å²) in [5.41, 5.74) is 26.1. The monoisotopic (exact) mass is 870 g/mol. The van der Waals surface area contributed by atoms with Crippen LogP contribution in [0.1, 0.15) is 72.6 Å². The fourth-order valence-corrected chi connectivity index (χ4v) is 11.7. The SMILES string of the molecule is CC1(C)c2cc(-c3ccccc3)ccc2-c2ccc(C(c3cccc(-c4ccc(-c5ccc6oc7ccccc7c6c5)cc4)c3)c3ccc4c(c3)C(C)(C)c3cc(-c5ccccc5)ccc3-4)cc21. The maximum atomic E-state index is 6.15. The summed E-state index contributed by atoms with van der Waals surface area (Å²) in [5.74, 6) is 0.000109. The molecule has 0 saturated heterocycles. The first-order chi connectivity index (χ1) is 33.2. The predicted molar refractivity (Wildman–Crippen MR) is 284 cm³/mol. The molecule has 0 unspecified atom stereocenters. The molecule has 0 radical (unpaired) electrons. The topological polar surface area (TPSA) is 13.1 Å². The number of rotatable bonds is 7. The molecule has 2 aliphatic rings. The highest BCUT2D eigenvalue weighted by Gasteiger charge is 2.39. The number of para-hydroxylation sites is 1. The quantitative estimate of drug-likeness (QED) is 0.145. The van der Waals surface area contributed by atoms with Gasteiger partial charge in [-0.1, -0.05) is 222 Å². The van der Waals surface area contributed by atoms with Crippen molar-refractivity contribution in [3.05, 3.63) is 263 Å². The van der Waals surface area contributed by atoms with E-state index >= 15 is 0 Å². The zero-order chi connectivity index (χ0) is 45.7. The van der Waals surface area contributed by atoms with Gasteiger partial charge in [-0.2, -0.15) is 0 Å². The van der Waals surface area contributed by atoms with Gasteiger partial charge in [-0.05, 0) is 136 Å². The van der Waals surface area contributed by atoms with Crippen molar-refractivity contribution in [3.8, 4) is 66.8 Å². The van der Waals surface area contributed by atoms with E-state index in [4.69, 9.17) is 4.42 Å². The zero-order valence-corrected chi connectivity index (χ0v) is 38.8. The molecule has 11 aromatic rings. The van der Waals surface area contributed by atoms with Crippen molar-refractivity contribution >= 4 is 21.9 Å². The highest BCUT2D eigenvalue weighted by Crippen LogP contribution is 2.53.